The molecule has 0 aliphatic heterocycles. The Morgan fingerprint density at radius 1 is 1.11 bits per heavy atom. The van der Waals surface area contributed by atoms with Crippen molar-refractivity contribution in [1.82, 2.24) is 0 Å². The molecule has 1 saturated carbocycles. The van der Waals surface area contributed by atoms with E-state index in [0.29, 0.717) is 17.9 Å². The maximum absolute atomic E-state index is 3.81. The second kappa shape index (κ2) is 5.98. The van der Waals surface area contributed by atoms with Crippen LogP contribution in [0.2, 0.25) is 0 Å². The number of rotatable bonds is 6. The van der Waals surface area contributed by atoms with E-state index in [-0.39, 0.29) is 0 Å². The zero-order valence-corrected chi connectivity index (χ0v) is 13.2. The lowest BCUT2D eigenvalue weighted by molar-refractivity contribution is 0.615. The second-order valence-electron chi connectivity index (χ2n) is 6.65. The molecule has 0 amide bonds. The van der Waals surface area contributed by atoms with E-state index in [4.69, 9.17) is 0 Å². The first kappa shape index (κ1) is 14.4. The van der Waals surface area contributed by atoms with Crippen LogP contribution < -0.4 is 5.32 Å². The summed E-state index contributed by atoms with van der Waals surface area (Å²) in [5.41, 5.74) is 4.29. The van der Waals surface area contributed by atoms with Crippen LogP contribution >= 0.6 is 0 Å². The Kier molecular flexibility index (Phi) is 4.54. The summed E-state index contributed by atoms with van der Waals surface area (Å²) < 4.78 is 0. The first-order chi connectivity index (χ1) is 9.02. The van der Waals surface area contributed by atoms with Gasteiger partial charge in [0, 0.05) is 11.7 Å². The number of hydrogen-bond donors (Lipinski definition) is 1. The van der Waals surface area contributed by atoms with Gasteiger partial charge in [-0.3, -0.25) is 0 Å². The Labute approximate surface area is 118 Å². The van der Waals surface area contributed by atoms with Crippen LogP contribution in [0.3, 0.4) is 0 Å². The third-order valence-corrected chi connectivity index (χ3v) is 4.34. The molecule has 1 fully saturated rings. The van der Waals surface area contributed by atoms with Gasteiger partial charge in [-0.15, -0.1) is 0 Å². The topological polar surface area (TPSA) is 12.0 Å². The molecule has 0 spiro atoms. The van der Waals surface area contributed by atoms with Gasteiger partial charge in [0.15, 0.2) is 0 Å². The minimum atomic E-state index is 0.581. The standard InChI is InChI=1S/C18H29N/c1-6-17(14-7-8-14)19-18-10-9-15(12(2)3)11-16(18)13(4)5/h9-14,17,19H,6-8H2,1-5H3. The van der Waals surface area contributed by atoms with Crippen LogP contribution in [-0.4, -0.2) is 6.04 Å². The maximum Gasteiger partial charge on any atom is 0.0377 e. The molecular formula is C18H29N. The summed E-state index contributed by atoms with van der Waals surface area (Å²) in [4.78, 5) is 0. The molecule has 106 valence electrons. The van der Waals surface area contributed by atoms with Crippen molar-refractivity contribution >= 4 is 5.69 Å². The van der Waals surface area contributed by atoms with Crippen molar-refractivity contribution in [3.05, 3.63) is 29.3 Å². The predicted molar refractivity (Wildman–Crippen MR) is 85.0 cm³/mol. The van der Waals surface area contributed by atoms with E-state index in [2.05, 4.69) is 58.1 Å². The maximum atomic E-state index is 3.81. The molecule has 1 aliphatic rings. The van der Waals surface area contributed by atoms with Crippen LogP contribution in [0, 0.1) is 5.92 Å². The summed E-state index contributed by atoms with van der Waals surface area (Å²) in [7, 11) is 0. The zero-order chi connectivity index (χ0) is 14.0. The van der Waals surface area contributed by atoms with E-state index >= 15 is 0 Å². The number of hydrogen-bond acceptors (Lipinski definition) is 1. The van der Waals surface area contributed by atoms with E-state index in [1.165, 1.54) is 36.1 Å². The Hall–Kier alpha value is -0.980. The third-order valence-electron chi connectivity index (χ3n) is 4.34. The van der Waals surface area contributed by atoms with Crippen LogP contribution in [0.4, 0.5) is 5.69 Å². The normalized spacial score (nSPS) is 17.0. The first-order valence-corrected chi connectivity index (χ1v) is 7.93. The fraction of sp³-hybridized carbons (Fsp3) is 0.667. The lowest BCUT2D eigenvalue weighted by Crippen LogP contribution is -2.21. The average Bonchev–Trinajstić information content (AvgIpc) is 3.19. The van der Waals surface area contributed by atoms with Gasteiger partial charge in [-0.25, -0.2) is 0 Å². The highest BCUT2D eigenvalue weighted by molar-refractivity contribution is 5.55. The Morgan fingerprint density at radius 3 is 2.26 bits per heavy atom. The van der Waals surface area contributed by atoms with E-state index in [1.807, 2.05) is 0 Å². The molecule has 1 N–H and O–H groups in total. The summed E-state index contributed by atoms with van der Waals surface area (Å²) in [5, 5.41) is 3.81. The molecule has 0 bridgehead atoms. The fourth-order valence-electron chi connectivity index (χ4n) is 2.80. The molecule has 1 nitrogen and oxygen atoms in total. The predicted octanol–water partition coefficient (Wildman–Crippen LogP) is 5.53. The highest BCUT2D eigenvalue weighted by Crippen LogP contribution is 2.37. The van der Waals surface area contributed by atoms with Crippen LogP contribution in [0.25, 0.3) is 0 Å². The Balaban J connectivity index is 2.23. The highest BCUT2D eigenvalue weighted by atomic mass is 14.9. The minimum absolute atomic E-state index is 0.581. The number of anilines is 1. The lowest BCUT2D eigenvalue weighted by atomic mass is 9.93. The lowest BCUT2D eigenvalue weighted by Gasteiger charge is -2.23. The number of benzene rings is 1. The van der Waals surface area contributed by atoms with Gasteiger partial charge in [0.05, 0.1) is 0 Å². The van der Waals surface area contributed by atoms with Crippen LogP contribution in [-0.2, 0) is 0 Å². The molecule has 1 unspecified atom stereocenters. The molecule has 1 heteroatoms. The van der Waals surface area contributed by atoms with Crippen LogP contribution in [0.1, 0.15) is 76.8 Å². The molecule has 1 aromatic rings. The highest BCUT2D eigenvalue weighted by Gasteiger charge is 2.30. The van der Waals surface area contributed by atoms with E-state index in [9.17, 15) is 0 Å². The van der Waals surface area contributed by atoms with E-state index in [1.54, 1.807) is 0 Å². The second-order valence-corrected chi connectivity index (χ2v) is 6.65. The molecule has 1 aromatic carbocycles. The van der Waals surface area contributed by atoms with Crippen molar-refractivity contribution in [1.29, 1.82) is 0 Å². The Morgan fingerprint density at radius 2 is 1.79 bits per heavy atom. The van der Waals surface area contributed by atoms with Gasteiger partial charge >= 0.3 is 0 Å². The fourth-order valence-corrected chi connectivity index (χ4v) is 2.80. The number of nitrogens with one attached hydrogen (secondary N) is 1. The monoisotopic (exact) mass is 259 g/mol. The Bertz CT molecular complexity index is 416. The van der Waals surface area contributed by atoms with Gasteiger partial charge in [0.2, 0.25) is 0 Å². The molecule has 2 rings (SSSR count). The summed E-state index contributed by atoms with van der Waals surface area (Å²) in [6.45, 7) is 11.4. The average molecular weight is 259 g/mol. The van der Waals surface area contributed by atoms with Gasteiger partial charge in [-0.2, -0.15) is 0 Å². The zero-order valence-electron chi connectivity index (χ0n) is 13.2. The molecule has 0 radical (unpaired) electrons. The summed E-state index contributed by atoms with van der Waals surface area (Å²) in [5.74, 6) is 2.10. The summed E-state index contributed by atoms with van der Waals surface area (Å²) >= 11 is 0. The smallest absolute Gasteiger partial charge is 0.0377 e. The molecule has 19 heavy (non-hydrogen) atoms. The van der Waals surface area contributed by atoms with Crippen molar-refractivity contribution < 1.29 is 0 Å². The first-order valence-electron chi connectivity index (χ1n) is 7.93. The van der Waals surface area contributed by atoms with Gasteiger partial charge in [0.1, 0.15) is 0 Å². The van der Waals surface area contributed by atoms with E-state index in [0.717, 1.165) is 5.92 Å². The molecule has 0 heterocycles. The van der Waals surface area contributed by atoms with Crippen LogP contribution in [0.15, 0.2) is 18.2 Å². The molecule has 0 aromatic heterocycles. The molecule has 1 atom stereocenters. The van der Waals surface area contributed by atoms with Crippen molar-refractivity contribution in [2.45, 2.75) is 71.8 Å². The summed E-state index contributed by atoms with van der Waals surface area (Å²) in [6.07, 6.45) is 4.05. The third kappa shape index (κ3) is 3.52. The SMILES string of the molecule is CCC(Nc1ccc(C(C)C)cc1C(C)C)C1CC1. The quantitative estimate of drug-likeness (QED) is 0.708. The van der Waals surface area contributed by atoms with E-state index < -0.39 is 0 Å². The van der Waals surface area contributed by atoms with Crippen molar-refractivity contribution in [3.8, 4) is 0 Å². The van der Waals surface area contributed by atoms with Gasteiger partial charge in [0.25, 0.3) is 0 Å². The molecule has 0 saturated heterocycles. The largest absolute Gasteiger partial charge is 0.382 e. The van der Waals surface area contributed by atoms with Crippen molar-refractivity contribution in [2.75, 3.05) is 5.32 Å². The van der Waals surface area contributed by atoms with Crippen molar-refractivity contribution in [3.63, 3.8) is 0 Å². The summed E-state index contributed by atoms with van der Waals surface area (Å²) in [6, 6.07) is 7.66. The van der Waals surface area contributed by atoms with Crippen LogP contribution in [0.5, 0.6) is 0 Å². The van der Waals surface area contributed by atoms with Gasteiger partial charge in [-0.05, 0) is 54.2 Å². The molecule has 1 aliphatic carbocycles. The van der Waals surface area contributed by atoms with Crippen molar-refractivity contribution in [2.24, 2.45) is 5.92 Å². The molecular weight excluding hydrogens is 230 g/mol. The van der Waals surface area contributed by atoms with Gasteiger partial charge < -0.3 is 5.32 Å². The van der Waals surface area contributed by atoms with Gasteiger partial charge in [-0.1, -0.05) is 46.8 Å². The minimum Gasteiger partial charge on any atom is -0.382 e.